The zero-order chi connectivity index (χ0) is 7.11. The van der Waals surface area contributed by atoms with E-state index < -0.39 is 0 Å². The lowest BCUT2D eigenvalue weighted by atomic mass is 10.2. The van der Waals surface area contributed by atoms with E-state index in [1.165, 1.54) is 0 Å². The summed E-state index contributed by atoms with van der Waals surface area (Å²) in [4.78, 5) is 0. The van der Waals surface area contributed by atoms with Gasteiger partial charge in [0.15, 0.2) is 0 Å². The highest BCUT2D eigenvalue weighted by Gasteiger charge is 1.82. The summed E-state index contributed by atoms with van der Waals surface area (Å²) in [5.74, 6) is 2.80. The molecule has 0 heteroatoms. The third-order valence-corrected chi connectivity index (χ3v) is 0.931. The smallest absolute Gasteiger partial charge is 0.0425 e. The first-order valence-electron chi connectivity index (χ1n) is 3.18. The molecule has 0 saturated heterocycles. The third kappa shape index (κ3) is 4.94. The Labute approximate surface area is 57.3 Å². The summed E-state index contributed by atoms with van der Waals surface area (Å²) in [7, 11) is 0. The fourth-order valence-corrected chi connectivity index (χ4v) is 0.378. The van der Waals surface area contributed by atoms with E-state index in [0.717, 1.165) is 6.42 Å². The van der Waals surface area contributed by atoms with Gasteiger partial charge in [-0.3, -0.25) is 0 Å². The fraction of sp³-hybridized carbons (Fsp3) is 0.444. The molecule has 9 heavy (non-hydrogen) atoms. The van der Waals surface area contributed by atoms with Gasteiger partial charge < -0.3 is 0 Å². The SMILES string of the molecule is C#CC(C)C=C=CCC. The first kappa shape index (κ1) is 8.08. The molecule has 0 aliphatic heterocycles. The van der Waals surface area contributed by atoms with Gasteiger partial charge in [0.1, 0.15) is 0 Å². The van der Waals surface area contributed by atoms with Gasteiger partial charge in [0.2, 0.25) is 0 Å². The predicted molar refractivity (Wildman–Crippen MR) is 40.9 cm³/mol. The summed E-state index contributed by atoms with van der Waals surface area (Å²) in [6.07, 6.45) is 10.00. The minimum Gasteiger partial charge on any atom is -0.128 e. The second-order valence-electron chi connectivity index (χ2n) is 1.90. The highest BCUT2D eigenvalue weighted by molar-refractivity contribution is 5.02. The number of terminal acetylenes is 1. The Hall–Kier alpha value is -0.920. The zero-order valence-corrected chi connectivity index (χ0v) is 6.02. The van der Waals surface area contributed by atoms with Gasteiger partial charge in [-0.05, 0) is 25.5 Å². The molecule has 0 amide bonds. The van der Waals surface area contributed by atoms with Gasteiger partial charge in [-0.2, -0.15) is 0 Å². The minimum absolute atomic E-state index is 0.216. The summed E-state index contributed by atoms with van der Waals surface area (Å²) in [6, 6.07) is 0. The molecule has 48 valence electrons. The predicted octanol–water partition coefficient (Wildman–Crippen LogP) is 2.38. The van der Waals surface area contributed by atoms with E-state index >= 15 is 0 Å². The van der Waals surface area contributed by atoms with E-state index in [1.807, 2.05) is 19.1 Å². The van der Waals surface area contributed by atoms with Gasteiger partial charge in [-0.1, -0.05) is 12.8 Å². The second-order valence-corrected chi connectivity index (χ2v) is 1.90. The van der Waals surface area contributed by atoms with Crippen molar-refractivity contribution in [3.8, 4) is 12.3 Å². The van der Waals surface area contributed by atoms with Crippen LogP contribution in [0.3, 0.4) is 0 Å². The van der Waals surface area contributed by atoms with Gasteiger partial charge in [-0.15, -0.1) is 12.2 Å². The maximum absolute atomic E-state index is 5.12. The van der Waals surface area contributed by atoms with Crippen LogP contribution in [0.5, 0.6) is 0 Å². The minimum atomic E-state index is 0.216. The highest BCUT2D eigenvalue weighted by atomic mass is 13.8. The molecule has 0 spiro atoms. The normalized spacial score (nSPS) is 10.8. The molecule has 0 aliphatic carbocycles. The Balaban J connectivity index is 3.72. The number of rotatable bonds is 2. The Morgan fingerprint density at radius 2 is 2.33 bits per heavy atom. The van der Waals surface area contributed by atoms with Crippen LogP contribution in [0.25, 0.3) is 0 Å². The lowest BCUT2D eigenvalue weighted by Crippen LogP contribution is -1.77. The lowest BCUT2D eigenvalue weighted by Gasteiger charge is -1.85. The molecule has 0 fully saturated rings. The zero-order valence-electron chi connectivity index (χ0n) is 6.02. The van der Waals surface area contributed by atoms with Crippen molar-refractivity contribution in [2.45, 2.75) is 20.3 Å². The average Bonchev–Trinajstić information content (AvgIpc) is 1.89. The highest BCUT2D eigenvalue weighted by Crippen LogP contribution is 1.91. The Morgan fingerprint density at radius 3 is 2.78 bits per heavy atom. The molecular weight excluding hydrogens is 108 g/mol. The first-order valence-corrected chi connectivity index (χ1v) is 3.18. The third-order valence-electron chi connectivity index (χ3n) is 0.931. The number of allylic oxidation sites excluding steroid dienone is 1. The van der Waals surface area contributed by atoms with E-state index in [0.29, 0.717) is 0 Å². The number of hydrogen-bond acceptors (Lipinski definition) is 0. The molecule has 0 radical (unpaired) electrons. The molecule has 0 aromatic carbocycles. The summed E-state index contributed by atoms with van der Waals surface area (Å²) < 4.78 is 0. The van der Waals surface area contributed by atoms with Crippen molar-refractivity contribution in [2.75, 3.05) is 0 Å². The Morgan fingerprint density at radius 1 is 1.67 bits per heavy atom. The van der Waals surface area contributed by atoms with Crippen molar-refractivity contribution in [2.24, 2.45) is 5.92 Å². The molecule has 0 heterocycles. The summed E-state index contributed by atoms with van der Waals surface area (Å²) >= 11 is 0. The monoisotopic (exact) mass is 120 g/mol. The lowest BCUT2D eigenvalue weighted by molar-refractivity contribution is 0.983. The van der Waals surface area contributed by atoms with E-state index in [4.69, 9.17) is 6.42 Å². The molecule has 0 bridgehead atoms. The van der Waals surface area contributed by atoms with Crippen LogP contribution in [0.15, 0.2) is 17.9 Å². The maximum Gasteiger partial charge on any atom is 0.0425 e. The molecule has 0 saturated carbocycles. The van der Waals surface area contributed by atoms with Crippen LogP contribution in [0.4, 0.5) is 0 Å². The molecule has 0 aliphatic rings. The Bertz CT molecular complexity index is 151. The molecule has 0 aromatic rings. The van der Waals surface area contributed by atoms with Crippen molar-refractivity contribution < 1.29 is 0 Å². The standard InChI is InChI=1S/C9H12/c1-4-6-7-8-9(3)5-2/h2,6,8-9H,4H2,1,3H3. The molecular formula is C9H12. The molecule has 0 nitrogen and oxygen atoms in total. The van der Waals surface area contributed by atoms with Crippen molar-refractivity contribution in [1.82, 2.24) is 0 Å². The topological polar surface area (TPSA) is 0 Å². The van der Waals surface area contributed by atoms with Crippen LogP contribution in [-0.4, -0.2) is 0 Å². The molecule has 0 N–H and O–H groups in total. The van der Waals surface area contributed by atoms with E-state index in [2.05, 4.69) is 18.6 Å². The van der Waals surface area contributed by atoms with Crippen molar-refractivity contribution in [3.05, 3.63) is 17.9 Å². The van der Waals surface area contributed by atoms with Gasteiger partial charge in [0.05, 0.1) is 0 Å². The molecule has 1 unspecified atom stereocenters. The van der Waals surface area contributed by atoms with Gasteiger partial charge in [-0.25, -0.2) is 0 Å². The van der Waals surface area contributed by atoms with Crippen LogP contribution in [0.1, 0.15) is 20.3 Å². The van der Waals surface area contributed by atoms with Gasteiger partial charge >= 0.3 is 0 Å². The van der Waals surface area contributed by atoms with Crippen LogP contribution >= 0.6 is 0 Å². The van der Waals surface area contributed by atoms with Crippen LogP contribution in [-0.2, 0) is 0 Å². The number of hydrogen-bond donors (Lipinski definition) is 0. The van der Waals surface area contributed by atoms with Crippen LogP contribution in [0.2, 0.25) is 0 Å². The quantitative estimate of drug-likeness (QED) is 0.387. The maximum atomic E-state index is 5.12. The fourth-order valence-electron chi connectivity index (χ4n) is 0.378. The molecule has 0 aromatic heterocycles. The van der Waals surface area contributed by atoms with E-state index in [1.54, 1.807) is 0 Å². The van der Waals surface area contributed by atoms with E-state index in [-0.39, 0.29) is 5.92 Å². The Kier molecular flexibility index (Phi) is 4.69. The first-order chi connectivity index (χ1) is 4.31. The van der Waals surface area contributed by atoms with Gasteiger partial charge in [0, 0.05) is 5.92 Å². The largest absolute Gasteiger partial charge is 0.128 e. The van der Waals surface area contributed by atoms with Crippen LogP contribution in [0, 0.1) is 18.3 Å². The molecule has 0 rings (SSSR count). The average molecular weight is 120 g/mol. The van der Waals surface area contributed by atoms with Crippen molar-refractivity contribution in [1.29, 1.82) is 0 Å². The van der Waals surface area contributed by atoms with E-state index in [9.17, 15) is 0 Å². The van der Waals surface area contributed by atoms with Crippen molar-refractivity contribution in [3.63, 3.8) is 0 Å². The molecule has 1 atom stereocenters. The summed E-state index contributed by atoms with van der Waals surface area (Å²) in [5, 5.41) is 0. The van der Waals surface area contributed by atoms with Crippen molar-refractivity contribution >= 4 is 0 Å². The van der Waals surface area contributed by atoms with Crippen LogP contribution < -0.4 is 0 Å². The van der Waals surface area contributed by atoms with Gasteiger partial charge in [0.25, 0.3) is 0 Å². The summed E-state index contributed by atoms with van der Waals surface area (Å²) in [6.45, 7) is 4.04. The second kappa shape index (κ2) is 5.22. The summed E-state index contributed by atoms with van der Waals surface area (Å²) in [5.41, 5.74) is 2.99.